The monoisotopic (exact) mass is 363 g/mol. The third-order valence-corrected chi connectivity index (χ3v) is 4.04. The maximum absolute atomic E-state index is 11.9. The van der Waals surface area contributed by atoms with E-state index in [0.29, 0.717) is 24.2 Å². The van der Waals surface area contributed by atoms with Crippen molar-refractivity contribution in [1.29, 1.82) is 0 Å². The normalized spacial score (nSPS) is 15.5. The number of carbonyl (C=O) groups is 1. The van der Waals surface area contributed by atoms with E-state index in [4.69, 9.17) is 9.47 Å². The van der Waals surface area contributed by atoms with Crippen LogP contribution in [0.2, 0.25) is 0 Å². The van der Waals surface area contributed by atoms with Gasteiger partial charge in [0.15, 0.2) is 5.96 Å². The van der Waals surface area contributed by atoms with E-state index >= 15 is 0 Å². The Kier molecular flexibility index (Phi) is 9.45. The molecule has 0 spiro atoms. The SMILES string of the molecule is CN=C(NCCCOCC1CCOCC1)NCC(=O)Nc1cccnc1. The van der Waals surface area contributed by atoms with E-state index in [0.717, 1.165) is 45.6 Å². The first-order chi connectivity index (χ1) is 12.8. The molecule has 1 aliphatic rings. The van der Waals surface area contributed by atoms with Gasteiger partial charge in [-0.25, -0.2) is 0 Å². The van der Waals surface area contributed by atoms with Crippen molar-refractivity contribution in [2.24, 2.45) is 10.9 Å². The Bertz CT molecular complexity index is 547. The van der Waals surface area contributed by atoms with Crippen LogP contribution in [0.25, 0.3) is 0 Å². The second-order valence-electron chi connectivity index (χ2n) is 6.13. The molecule has 0 unspecified atom stereocenters. The number of anilines is 1. The van der Waals surface area contributed by atoms with E-state index in [1.807, 2.05) is 0 Å². The zero-order valence-corrected chi connectivity index (χ0v) is 15.4. The average Bonchev–Trinajstić information content (AvgIpc) is 2.68. The maximum Gasteiger partial charge on any atom is 0.243 e. The van der Waals surface area contributed by atoms with Crippen LogP contribution in [0.5, 0.6) is 0 Å². The van der Waals surface area contributed by atoms with Crippen molar-refractivity contribution in [2.45, 2.75) is 19.3 Å². The summed E-state index contributed by atoms with van der Waals surface area (Å²) in [5, 5.41) is 8.92. The van der Waals surface area contributed by atoms with Crippen LogP contribution >= 0.6 is 0 Å². The fourth-order valence-electron chi connectivity index (χ4n) is 2.57. The standard InChI is InChI=1S/C18H29N5O3/c1-19-18(22-13-17(24)23-16-4-2-7-20-12-16)21-8-3-9-26-14-15-5-10-25-11-6-15/h2,4,7,12,15H,3,5-6,8-11,13-14H2,1H3,(H,23,24)(H2,19,21,22). The highest BCUT2D eigenvalue weighted by molar-refractivity contribution is 5.94. The highest BCUT2D eigenvalue weighted by atomic mass is 16.5. The Morgan fingerprint density at radius 2 is 2.23 bits per heavy atom. The molecule has 0 radical (unpaired) electrons. The summed E-state index contributed by atoms with van der Waals surface area (Å²) in [7, 11) is 1.68. The van der Waals surface area contributed by atoms with Crippen LogP contribution in [0, 0.1) is 5.92 Å². The van der Waals surface area contributed by atoms with Crippen LogP contribution in [0.15, 0.2) is 29.5 Å². The summed E-state index contributed by atoms with van der Waals surface area (Å²) in [6, 6.07) is 3.56. The van der Waals surface area contributed by atoms with E-state index in [-0.39, 0.29) is 12.5 Å². The topological polar surface area (TPSA) is 96.9 Å². The summed E-state index contributed by atoms with van der Waals surface area (Å²) >= 11 is 0. The van der Waals surface area contributed by atoms with Gasteiger partial charge in [-0.2, -0.15) is 0 Å². The van der Waals surface area contributed by atoms with E-state index in [1.165, 1.54) is 0 Å². The van der Waals surface area contributed by atoms with Gasteiger partial charge in [0.1, 0.15) is 0 Å². The molecule has 1 aliphatic heterocycles. The molecule has 0 bridgehead atoms. The molecule has 3 N–H and O–H groups in total. The number of aromatic nitrogens is 1. The number of amides is 1. The van der Waals surface area contributed by atoms with Gasteiger partial charge in [0.25, 0.3) is 0 Å². The molecule has 1 amide bonds. The van der Waals surface area contributed by atoms with Crippen LogP contribution in [0.3, 0.4) is 0 Å². The summed E-state index contributed by atoms with van der Waals surface area (Å²) in [5.41, 5.74) is 0.670. The summed E-state index contributed by atoms with van der Waals surface area (Å²) in [6.07, 6.45) is 6.33. The van der Waals surface area contributed by atoms with Crippen LogP contribution in [-0.2, 0) is 14.3 Å². The Morgan fingerprint density at radius 3 is 2.96 bits per heavy atom. The van der Waals surface area contributed by atoms with Crippen molar-refractivity contribution >= 4 is 17.6 Å². The minimum atomic E-state index is -0.152. The lowest BCUT2D eigenvalue weighted by molar-refractivity contribution is -0.115. The number of rotatable bonds is 9. The average molecular weight is 363 g/mol. The van der Waals surface area contributed by atoms with Crippen LogP contribution in [0.4, 0.5) is 5.69 Å². The van der Waals surface area contributed by atoms with Gasteiger partial charge in [0, 0.05) is 46.2 Å². The molecule has 0 atom stereocenters. The Balaban J connectivity index is 1.51. The molecule has 8 heteroatoms. The van der Waals surface area contributed by atoms with Crippen LogP contribution in [0.1, 0.15) is 19.3 Å². The molecule has 144 valence electrons. The number of carbonyl (C=O) groups excluding carboxylic acids is 1. The van der Waals surface area contributed by atoms with Crippen molar-refractivity contribution in [3.63, 3.8) is 0 Å². The Morgan fingerprint density at radius 1 is 1.38 bits per heavy atom. The second kappa shape index (κ2) is 12.2. The lowest BCUT2D eigenvalue weighted by Gasteiger charge is -2.21. The zero-order valence-electron chi connectivity index (χ0n) is 15.4. The number of ether oxygens (including phenoxy) is 2. The first-order valence-corrected chi connectivity index (χ1v) is 9.08. The fraction of sp³-hybridized carbons (Fsp3) is 0.611. The summed E-state index contributed by atoms with van der Waals surface area (Å²) in [5.74, 6) is 1.07. The van der Waals surface area contributed by atoms with Crippen molar-refractivity contribution in [2.75, 3.05) is 51.9 Å². The van der Waals surface area contributed by atoms with Crippen molar-refractivity contribution in [1.82, 2.24) is 15.6 Å². The largest absolute Gasteiger partial charge is 0.381 e. The molecule has 26 heavy (non-hydrogen) atoms. The maximum atomic E-state index is 11.9. The van der Waals surface area contributed by atoms with Gasteiger partial charge in [0.2, 0.25) is 5.91 Å². The molecule has 8 nitrogen and oxygen atoms in total. The van der Waals surface area contributed by atoms with Crippen LogP contribution in [-0.4, -0.2) is 63.4 Å². The van der Waals surface area contributed by atoms with Crippen molar-refractivity contribution in [3.8, 4) is 0 Å². The first kappa shape index (κ1) is 20.1. The van der Waals surface area contributed by atoms with Gasteiger partial charge >= 0.3 is 0 Å². The fourth-order valence-corrected chi connectivity index (χ4v) is 2.57. The Labute approximate surface area is 154 Å². The number of hydrogen-bond acceptors (Lipinski definition) is 5. The Hall–Kier alpha value is -2.19. The minimum Gasteiger partial charge on any atom is -0.381 e. The molecule has 1 fully saturated rings. The quantitative estimate of drug-likeness (QED) is 0.344. The smallest absolute Gasteiger partial charge is 0.243 e. The van der Waals surface area contributed by atoms with Gasteiger partial charge in [0.05, 0.1) is 18.4 Å². The lowest BCUT2D eigenvalue weighted by Crippen LogP contribution is -2.41. The third-order valence-electron chi connectivity index (χ3n) is 4.04. The van der Waals surface area contributed by atoms with Crippen LogP contribution < -0.4 is 16.0 Å². The van der Waals surface area contributed by atoms with E-state index in [1.54, 1.807) is 31.6 Å². The molecule has 1 saturated heterocycles. The van der Waals surface area contributed by atoms with Gasteiger partial charge in [-0.1, -0.05) is 0 Å². The highest BCUT2D eigenvalue weighted by Crippen LogP contribution is 2.14. The van der Waals surface area contributed by atoms with Gasteiger partial charge in [-0.15, -0.1) is 0 Å². The number of nitrogens with zero attached hydrogens (tertiary/aromatic N) is 2. The molecular formula is C18H29N5O3. The summed E-state index contributed by atoms with van der Waals surface area (Å²) in [6.45, 7) is 4.10. The number of guanidine groups is 1. The summed E-state index contributed by atoms with van der Waals surface area (Å²) in [4.78, 5) is 19.9. The number of aliphatic imine (C=N–C) groups is 1. The molecule has 2 heterocycles. The number of pyridine rings is 1. The molecule has 2 rings (SSSR count). The third kappa shape index (κ3) is 8.26. The molecule has 0 aliphatic carbocycles. The minimum absolute atomic E-state index is 0.134. The predicted octanol–water partition coefficient (Wildman–Crippen LogP) is 1.02. The molecular weight excluding hydrogens is 334 g/mol. The molecule has 0 aromatic carbocycles. The van der Waals surface area contributed by atoms with Crippen molar-refractivity contribution in [3.05, 3.63) is 24.5 Å². The zero-order chi connectivity index (χ0) is 18.5. The van der Waals surface area contributed by atoms with E-state index in [9.17, 15) is 4.79 Å². The van der Waals surface area contributed by atoms with E-state index in [2.05, 4.69) is 25.9 Å². The number of nitrogens with one attached hydrogen (secondary N) is 3. The lowest BCUT2D eigenvalue weighted by atomic mass is 10.0. The van der Waals surface area contributed by atoms with Gasteiger partial charge < -0.3 is 25.4 Å². The first-order valence-electron chi connectivity index (χ1n) is 9.08. The molecule has 1 aromatic heterocycles. The van der Waals surface area contributed by atoms with E-state index < -0.39 is 0 Å². The highest BCUT2D eigenvalue weighted by Gasteiger charge is 2.13. The van der Waals surface area contributed by atoms with Gasteiger partial charge in [-0.05, 0) is 37.3 Å². The van der Waals surface area contributed by atoms with Gasteiger partial charge in [-0.3, -0.25) is 14.8 Å². The second-order valence-corrected chi connectivity index (χ2v) is 6.13. The predicted molar refractivity (Wildman–Crippen MR) is 101 cm³/mol. The molecule has 1 aromatic rings. The van der Waals surface area contributed by atoms with Crippen molar-refractivity contribution < 1.29 is 14.3 Å². The summed E-state index contributed by atoms with van der Waals surface area (Å²) < 4.78 is 11.1. The number of hydrogen-bond donors (Lipinski definition) is 3. The molecule has 0 saturated carbocycles.